The summed E-state index contributed by atoms with van der Waals surface area (Å²) < 4.78 is 20.4. The standard InChI is InChI=1S/C26H17ClFN5O3/c27-22-20(9-11-30-23(22)25(29)35)36-19-7-6-15(12-17(19)28)33-26-21-18(8-10-31-26)32-13-16(24(21)34)14-4-2-1-3-5-14/h1-13H,(H2,29,35)(H,31,33)(H,32,34). The lowest BCUT2D eigenvalue weighted by Crippen LogP contribution is -2.13. The van der Waals surface area contributed by atoms with E-state index in [4.69, 9.17) is 22.1 Å². The lowest BCUT2D eigenvalue weighted by molar-refractivity contribution is 0.0995. The van der Waals surface area contributed by atoms with Gasteiger partial charge in [-0.15, -0.1) is 0 Å². The zero-order chi connectivity index (χ0) is 25.2. The summed E-state index contributed by atoms with van der Waals surface area (Å²) in [6, 6.07) is 16.4. The third-order valence-corrected chi connectivity index (χ3v) is 5.75. The first-order chi connectivity index (χ1) is 17.4. The molecule has 1 amide bonds. The van der Waals surface area contributed by atoms with Gasteiger partial charge in [0.1, 0.15) is 22.3 Å². The lowest BCUT2D eigenvalue weighted by atomic mass is 10.1. The summed E-state index contributed by atoms with van der Waals surface area (Å²) in [6.07, 6.45) is 4.48. The maximum Gasteiger partial charge on any atom is 0.268 e. The van der Waals surface area contributed by atoms with E-state index in [2.05, 4.69) is 20.3 Å². The number of benzene rings is 2. The predicted octanol–water partition coefficient (Wildman–Crippen LogP) is 5.41. The Balaban J connectivity index is 1.47. The zero-order valence-corrected chi connectivity index (χ0v) is 19.2. The van der Waals surface area contributed by atoms with Gasteiger partial charge in [-0.3, -0.25) is 9.59 Å². The van der Waals surface area contributed by atoms with Gasteiger partial charge in [0.25, 0.3) is 5.91 Å². The number of hydrogen-bond acceptors (Lipinski definition) is 6. The molecule has 2 aromatic carbocycles. The molecule has 8 nitrogen and oxygen atoms in total. The van der Waals surface area contributed by atoms with Gasteiger partial charge in [-0.25, -0.2) is 14.4 Å². The van der Waals surface area contributed by atoms with Gasteiger partial charge in [0, 0.05) is 42.0 Å². The first-order valence-electron chi connectivity index (χ1n) is 10.7. The van der Waals surface area contributed by atoms with Gasteiger partial charge in [0.15, 0.2) is 11.6 Å². The van der Waals surface area contributed by atoms with E-state index in [1.807, 2.05) is 30.3 Å². The molecule has 0 saturated carbocycles. The van der Waals surface area contributed by atoms with Crippen LogP contribution in [-0.2, 0) is 0 Å². The van der Waals surface area contributed by atoms with E-state index in [1.54, 1.807) is 24.5 Å². The van der Waals surface area contributed by atoms with Gasteiger partial charge in [0.2, 0.25) is 5.43 Å². The number of carbonyl (C=O) groups is 1. The minimum Gasteiger partial charge on any atom is -0.453 e. The molecule has 5 rings (SSSR count). The first-order valence-corrected chi connectivity index (χ1v) is 11.0. The lowest BCUT2D eigenvalue weighted by Gasteiger charge is -2.12. The highest BCUT2D eigenvalue weighted by atomic mass is 35.5. The molecule has 0 atom stereocenters. The fourth-order valence-corrected chi connectivity index (χ4v) is 3.93. The van der Waals surface area contributed by atoms with Crippen LogP contribution < -0.4 is 21.2 Å². The topological polar surface area (TPSA) is 123 Å². The van der Waals surface area contributed by atoms with Crippen LogP contribution >= 0.6 is 11.6 Å². The van der Waals surface area contributed by atoms with Gasteiger partial charge < -0.3 is 20.8 Å². The summed E-state index contributed by atoms with van der Waals surface area (Å²) >= 11 is 6.11. The van der Waals surface area contributed by atoms with Crippen molar-refractivity contribution < 1.29 is 13.9 Å². The van der Waals surface area contributed by atoms with E-state index in [1.165, 1.54) is 24.4 Å². The molecular weight excluding hydrogens is 485 g/mol. The van der Waals surface area contributed by atoms with Gasteiger partial charge in [-0.05, 0) is 23.8 Å². The van der Waals surface area contributed by atoms with Crippen LogP contribution in [0, 0.1) is 5.82 Å². The molecule has 36 heavy (non-hydrogen) atoms. The van der Waals surface area contributed by atoms with Gasteiger partial charge in [-0.1, -0.05) is 41.9 Å². The van der Waals surface area contributed by atoms with Crippen molar-refractivity contribution in [3.8, 4) is 22.6 Å². The second-order valence-corrected chi connectivity index (χ2v) is 8.07. The van der Waals surface area contributed by atoms with Crippen LogP contribution in [0.25, 0.3) is 22.0 Å². The highest BCUT2D eigenvalue weighted by Crippen LogP contribution is 2.33. The van der Waals surface area contributed by atoms with Crippen molar-refractivity contribution in [2.24, 2.45) is 5.73 Å². The van der Waals surface area contributed by atoms with Crippen LogP contribution in [0.4, 0.5) is 15.9 Å². The number of fused-ring (bicyclic) bond motifs is 1. The summed E-state index contributed by atoms with van der Waals surface area (Å²) in [7, 11) is 0. The monoisotopic (exact) mass is 501 g/mol. The molecule has 4 N–H and O–H groups in total. The van der Waals surface area contributed by atoms with Gasteiger partial charge in [0.05, 0.1) is 10.9 Å². The average molecular weight is 502 g/mol. The second-order valence-electron chi connectivity index (χ2n) is 7.69. The van der Waals surface area contributed by atoms with Crippen molar-refractivity contribution in [3.05, 3.63) is 106 Å². The van der Waals surface area contributed by atoms with E-state index in [-0.39, 0.29) is 33.5 Å². The zero-order valence-electron chi connectivity index (χ0n) is 18.5. The fourth-order valence-electron chi connectivity index (χ4n) is 3.68. The molecule has 3 heterocycles. The molecule has 0 fully saturated rings. The van der Waals surface area contributed by atoms with E-state index in [0.29, 0.717) is 22.2 Å². The Bertz CT molecular complexity index is 1670. The number of nitrogens with one attached hydrogen (secondary N) is 2. The predicted molar refractivity (Wildman–Crippen MR) is 135 cm³/mol. The number of primary amides is 1. The number of nitrogens with two attached hydrogens (primary N) is 1. The number of rotatable bonds is 6. The van der Waals surface area contributed by atoms with Crippen LogP contribution in [0.5, 0.6) is 11.5 Å². The van der Waals surface area contributed by atoms with Crippen molar-refractivity contribution in [1.82, 2.24) is 15.0 Å². The summed E-state index contributed by atoms with van der Waals surface area (Å²) in [5, 5.41) is 3.22. The van der Waals surface area contributed by atoms with Crippen molar-refractivity contribution in [2.45, 2.75) is 0 Å². The van der Waals surface area contributed by atoms with Crippen LogP contribution in [0.1, 0.15) is 10.5 Å². The molecule has 0 aliphatic carbocycles. The second kappa shape index (κ2) is 9.47. The third-order valence-electron chi connectivity index (χ3n) is 5.38. The molecule has 178 valence electrons. The largest absolute Gasteiger partial charge is 0.453 e. The number of hydrogen-bond donors (Lipinski definition) is 3. The SMILES string of the molecule is NC(=O)c1nccc(Oc2ccc(Nc3nccc4[nH]cc(-c5ccccc5)c(=O)c34)cc2F)c1Cl. The quantitative estimate of drug-likeness (QED) is 0.286. The van der Waals surface area contributed by atoms with Crippen LogP contribution in [-0.4, -0.2) is 20.9 Å². The molecule has 0 aliphatic heterocycles. The first kappa shape index (κ1) is 23.0. The molecule has 0 bridgehead atoms. The maximum absolute atomic E-state index is 14.9. The smallest absolute Gasteiger partial charge is 0.268 e. The average Bonchev–Trinajstić information content (AvgIpc) is 2.87. The van der Waals surface area contributed by atoms with E-state index in [0.717, 1.165) is 5.56 Å². The number of aromatic amines is 1. The Kier molecular flexibility index (Phi) is 6.05. The number of aromatic nitrogens is 3. The molecule has 0 spiro atoms. The van der Waals surface area contributed by atoms with Crippen molar-refractivity contribution >= 4 is 39.9 Å². The molecule has 10 heteroatoms. The summed E-state index contributed by atoms with van der Waals surface area (Å²) in [5.74, 6) is -1.40. The number of ether oxygens (including phenoxy) is 1. The number of nitrogens with zero attached hydrogens (tertiary/aromatic N) is 2. The number of amides is 1. The van der Waals surface area contributed by atoms with E-state index < -0.39 is 11.7 Å². The minimum atomic E-state index is -0.835. The third kappa shape index (κ3) is 4.35. The number of anilines is 2. The number of carbonyl (C=O) groups excluding carboxylic acids is 1. The normalized spacial score (nSPS) is 10.8. The highest BCUT2D eigenvalue weighted by Gasteiger charge is 2.17. The Hall–Kier alpha value is -4.76. The van der Waals surface area contributed by atoms with Crippen LogP contribution in [0.15, 0.2) is 84.0 Å². The van der Waals surface area contributed by atoms with Crippen LogP contribution in [0.2, 0.25) is 5.02 Å². The van der Waals surface area contributed by atoms with Crippen LogP contribution in [0.3, 0.4) is 0 Å². The molecular formula is C26H17ClFN5O3. The Morgan fingerprint density at radius 2 is 1.81 bits per heavy atom. The molecule has 0 radical (unpaired) electrons. The Labute approximate surface area is 208 Å². The molecule has 0 saturated heterocycles. The molecule has 0 unspecified atom stereocenters. The Morgan fingerprint density at radius 3 is 2.56 bits per heavy atom. The van der Waals surface area contributed by atoms with Gasteiger partial charge >= 0.3 is 0 Å². The highest BCUT2D eigenvalue weighted by molar-refractivity contribution is 6.34. The van der Waals surface area contributed by atoms with Crippen molar-refractivity contribution in [1.29, 1.82) is 0 Å². The summed E-state index contributed by atoms with van der Waals surface area (Å²) in [5.41, 5.74) is 7.00. The number of H-pyrrole nitrogens is 1. The minimum absolute atomic E-state index is 0.0239. The van der Waals surface area contributed by atoms with E-state index >= 15 is 0 Å². The maximum atomic E-state index is 14.9. The van der Waals surface area contributed by atoms with Crippen molar-refractivity contribution in [2.75, 3.05) is 5.32 Å². The number of pyridine rings is 3. The van der Waals surface area contributed by atoms with Crippen molar-refractivity contribution in [3.63, 3.8) is 0 Å². The summed E-state index contributed by atoms with van der Waals surface area (Å²) in [6.45, 7) is 0. The fraction of sp³-hybridized carbons (Fsp3) is 0. The molecule has 5 aromatic rings. The van der Waals surface area contributed by atoms with Gasteiger partial charge in [-0.2, -0.15) is 0 Å². The molecule has 3 aromatic heterocycles. The Morgan fingerprint density at radius 1 is 1.03 bits per heavy atom. The van der Waals surface area contributed by atoms with E-state index in [9.17, 15) is 14.0 Å². The number of halogens is 2. The molecule has 0 aliphatic rings. The summed E-state index contributed by atoms with van der Waals surface area (Å²) in [4.78, 5) is 36.0.